The van der Waals surface area contributed by atoms with E-state index in [-0.39, 0.29) is 43.7 Å². The van der Waals surface area contributed by atoms with Gasteiger partial charge in [-0.05, 0) is 48.7 Å². The summed E-state index contributed by atoms with van der Waals surface area (Å²) in [7, 11) is 0. The molecule has 2 aromatic carbocycles. The van der Waals surface area contributed by atoms with Crippen LogP contribution in [0.25, 0.3) is 11.0 Å². The van der Waals surface area contributed by atoms with E-state index in [2.05, 4.69) is 0 Å². The Balaban J connectivity index is 1.63. The standard InChI is InChI=1S/C28H31ClN2O6/c1-3-5-11-30(26(32)6-4-2)16-27(33)31(14-19-7-9-24-25(12-19)37-18-36-24)15-20-17-35-23-10-8-21(29)13-22(23)28(20)34/h7-10,12-13,17H,3-6,11,14-16,18H2,1-2H3. The van der Waals surface area contributed by atoms with E-state index in [4.69, 9.17) is 25.5 Å². The Kier molecular flexibility index (Phi) is 8.71. The second-order valence-corrected chi connectivity index (χ2v) is 9.52. The van der Waals surface area contributed by atoms with Crippen LogP contribution in [-0.2, 0) is 22.7 Å². The van der Waals surface area contributed by atoms with Gasteiger partial charge in [0.1, 0.15) is 5.58 Å². The van der Waals surface area contributed by atoms with E-state index in [9.17, 15) is 14.4 Å². The Hall–Kier alpha value is -3.52. The van der Waals surface area contributed by atoms with E-state index in [0.29, 0.717) is 52.4 Å². The Morgan fingerprint density at radius 3 is 2.54 bits per heavy atom. The quantitative estimate of drug-likeness (QED) is 0.344. The fourth-order valence-corrected chi connectivity index (χ4v) is 4.40. The molecular formula is C28H31ClN2O6. The predicted molar refractivity (Wildman–Crippen MR) is 141 cm³/mol. The van der Waals surface area contributed by atoms with Gasteiger partial charge in [-0.2, -0.15) is 0 Å². The van der Waals surface area contributed by atoms with Gasteiger partial charge in [0.2, 0.25) is 18.6 Å². The lowest BCUT2D eigenvalue weighted by molar-refractivity contribution is -0.141. The minimum absolute atomic E-state index is 0.0155. The topological polar surface area (TPSA) is 89.3 Å². The molecule has 0 atom stereocenters. The Morgan fingerprint density at radius 1 is 0.946 bits per heavy atom. The first-order valence-corrected chi connectivity index (χ1v) is 12.9. The molecule has 0 N–H and O–H groups in total. The smallest absolute Gasteiger partial charge is 0.242 e. The number of amides is 2. The lowest BCUT2D eigenvalue weighted by Crippen LogP contribution is -2.43. The number of halogens is 1. The highest BCUT2D eigenvalue weighted by molar-refractivity contribution is 6.31. The van der Waals surface area contributed by atoms with Crippen molar-refractivity contribution in [1.29, 1.82) is 0 Å². The van der Waals surface area contributed by atoms with Gasteiger partial charge in [-0.25, -0.2) is 0 Å². The van der Waals surface area contributed by atoms with E-state index in [1.807, 2.05) is 26.0 Å². The minimum atomic E-state index is -0.260. The predicted octanol–water partition coefficient (Wildman–Crippen LogP) is 5.13. The summed E-state index contributed by atoms with van der Waals surface area (Å²) < 4.78 is 16.6. The zero-order valence-corrected chi connectivity index (χ0v) is 21.9. The van der Waals surface area contributed by atoms with E-state index < -0.39 is 0 Å². The van der Waals surface area contributed by atoms with Crippen LogP contribution in [0.5, 0.6) is 11.5 Å². The summed E-state index contributed by atoms with van der Waals surface area (Å²) in [6, 6.07) is 10.3. The number of hydrogen-bond donors (Lipinski definition) is 0. The van der Waals surface area contributed by atoms with Crippen LogP contribution in [0.2, 0.25) is 5.02 Å². The van der Waals surface area contributed by atoms with Gasteiger partial charge in [-0.1, -0.05) is 37.9 Å². The van der Waals surface area contributed by atoms with Crippen LogP contribution in [0, 0.1) is 0 Å². The molecule has 0 bridgehead atoms. The van der Waals surface area contributed by atoms with Gasteiger partial charge in [0, 0.05) is 24.5 Å². The van der Waals surface area contributed by atoms with Gasteiger partial charge in [0.15, 0.2) is 16.9 Å². The van der Waals surface area contributed by atoms with Gasteiger partial charge < -0.3 is 23.7 Å². The number of carbonyl (C=O) groups is 2. The van der Waals surface area contributed by atoms with Crippen LogP contribution >= 0.6 is 11.6 Å². The van der Waals surface area contributed by atoms with Gasteiger partial charge in [0.05, 0.1) is 30.3 Å². The number of unbranched alkanes of at least 4 members (excludes halogenated alkanes) is 1. The van der Waals surface area contributed by atoms with Crippen molar-refractivity contribution in [3.05, 3.63) is 69.0 Å². The van der Waals surface area contributed by atoms with Gasteiger partial charge in [0.25, 0.3) is 0 Å². The third kappa shape index (κ3) is 6.43. The number of hydrogen-bond acceptors (Lipinski definition) is 6. The summed E-state index contributed by atoms with van der Waals surface area (Å²) in [5.41, 5.74) is 1.30. The SMILES string of the molecule is CCCCN(CC(=O)N(Cc1ccc2c(c1)OCO2)Cc1coc2ccc(Cl)cc2c1=O)C(=O)CCC. The summed E-state index contributed by atoms with van der Waals surface area (Å²) in [6.07, 6.45) is 4.19. The zero-order chi connectivity index (χ0) is 26.4. The molecule has 0 unspecified atom stereocenters. The van der Waals surface area contributed by atoms with Crippen molar-refractivity contribution in [2.24, 2.45) is 0 Å². The van der Waals surface area contributed by atoms with Crippen molar-refractivity contribution in [2.75, 3.05) is 19.9 Å². The van der Waals surface area contributed by atoms with Crippen molar-refractivity contribution in [1.82, 2.24) is 9.80 Å². The highest BCUT2D eigenvalue weighted by Crippen LogP contribution is 2.33. The minimum Gasteiger partial charge on any atom is -0.464 e. The third-order valence-corrected chi connectivity index (χ3v) is 6.49. The van der Waals surface area contributed by atoms with Crippen molar-refractivity contribution in [3.8, 4) is 11.5 Å². The second-order valence-electron chi connectivity index (χ2n) is 9.09. The van der Waals surface area contributed by atoms with E-state index in [1.54, 1.807) is 34.1 Å². The molecule has 1 aromatic heterocycles. The molecule has 0 saturated heterocycles. The molecule has 0 aliphatic carbocycles. The maximum atomic E-state index is 13.6. The number of fused-ring (bicyclic) bond motifs is 2. The molecular weight excluding hydrogens is 496 g/mol. The number of ether oxygens (including phenoxy) is 2. The molecule has 4 rings (SSSR count). The van der Waals surface area contributed by atoms with E-state index in [0.717, 1.165) is 18.4 Å². The molecule has 0 saturated carbocycles. The second kappa shape index (κ2) is 12.1. The number of carbonyl (C=O) groups excluding carboxylic acids is 2. The molecule has 196 valence electrons. The van der Waals surface area contributed by atoms with Gasteiger partial charge >= 0.3 is 0 Å². The Bertz CT molecular complexity index is 1340. The molecule has 2 amide bonds. The average Bonchev–Trinajstić information content (AvgIpc) is 3.36. The fourth-order valence-electron chi connectivity index (χ4n) is 4.23. The lowest BCUT2D eigenvalue weighted by atomic mass is 10.1. The molecule has 3 aromatic rings. The third-order valence-electron chi connectivity index (χ3n) is 6.25. The molecule has 2 heterocycles. The molecule has 1 aliphatic rings. The molecule has 1 aliphatic heterocycles. The van der Waals surface area contributed by atoms with E-state index >= 15 is 0 Å². The Morgan fingerprint density at radius 2 is 1.76 bits per heavy atom. The monoisotopic (exact) mass is 526 g/mol. The fraction of sp³-hybridized carbons (Fsp3) is 0.393. The highest BCUT2D eigenvalue weighted by atomic mass is 35.5. The maximum absolute atomic E-state index is 13.6. The normalized spacial score (nSPS) is 12.1. The van der Waals surface area contributed by atoms with Crippen LogP contribution in [0.3, 0.4) is 0 Å². The molecule has 9 heteroatoms. The summed E-state index contributed by atoms with van der Waals surface area (Å²) in [4.78, 5) is 42.8. The van der Waals surface area contributed by atoms with Crippen molar-refractivity contribution >= 4 is 34.4 Å². The largest absolute Gasteiger partial charge is 0.464 e. The first-order valence-electron chi connectivity index (χ1n) is 12.5. The number of rotatable bonds is 11. The van der Waals surface area contributed by atoms with Gasteiger partial charge in [-0.3, -0.25) is 14.4 Å². The lowest BCUT2D eigenvalue weighted by Gasteiger charge is -2.28. The molecule has 37 heavy (non-hydrogen) atoms. The van der Waals surface area contributed by atoms with Crippen LogP contribution in [0.15, 0.2) is 51.9 Å². The summed E-state index contributed by atoms with van der Waals surface area (Å²) >= 11 is 6.10. The summed E-state index contributed by atoms with van der Waals surface area (Å²) in [5.74, 6) is 0.938. The maximum Gasteiger partial charge on any atom is 0.242 e. The highest BCUT2D eigenvalue weighted by Gasteiger charge is 2.23. The van der Waals surface area contributed by atoms with Crippen molar-refractivity contribution in [3.63, 3.8) is 0 Å². The first kappa shape index (κ1) is 26.5. The zero-order valence-electron chi connectivity index (χ0n) is 21.1. The van der Waals surface area contributed by atoms with Gasteiger partial charge in [-0.15, -0.1) is 0 Å². The van der Waals surface area contributed by atoms with Crippen LogP contribution in [0.4, 0.5) is 0 Å². The van der Waals surface area contributed by atoms with Crippen molar-refractivity contribution < 1.29 is 23.5 Å². The van der Waals surface area contributed by atoms with Crippen LogP contribution in [0.1, 0.15) is 50.7 Å². The average molecular weight is 527 g/mol. The number of nitrogens with zero attached hydrogens (tertiary/aromatic N) is 2. The first-order chi connectivity index (χ1) is 17.9. The Labute approximate surface area is 220 Å². The number of benzene rings is 2. The molecule has 0 spiro atoms. The van der Waals surface area contributed by atoms with Crippen LogP contribution in [-0.4, -0.2) is 41.5 Å². The summed E-state index contributed by atoms with van der Waals surface area (Å²) in [5, 5.41) is 0.773. The van der Waals surface area contributed by atoms with E-state index in [1.165, 1.54) is 6.26 Å². The van der Waals surface area contributed by atoms with Crippen LogP contribution < -0.4 is 14.9 Å². The van der Waals surface area contributed by atoms with Crippen molar-refractivity contribution in [2.45, 2.75) is 52.6 Å². The molecule has 0 fully saturated rings. The summed E-state index contributed by atoms with van der Waals surface area (Å²) in [6.45, 7) is 4.81. The molecule has 0 radical (unpaired) electrons. The molecule has 8 nitrogen and oxygen atoms in total.